The molecule has 0 N–H and O–H groups in total. The van der Waals surface area contributed by atoms with Gasteiger partial charge >= 0.3 is 0 Å². The van der Waals surface area contributed by atoms with E-state index in [1.54, 1.807) is 0 Å². The van der Waals surface area contributed by atoms with Gasteiger partial charge in [0.1, 0.15) is 0 Å². The minimum Gasteiger partial charge on any atom is -0.381 e. The third kappa shape index (κ3) is 2.23. The Balaban J connectivity index is 1.83. The van der Waals surface area contributed by atoms with Gasteiger partial charge in [0.2, 0.25) is 0 Å². The van der Waals surface area contributed by atoms with Gasteiger partial charge in [0.15, 0.2) is 0 Å². The third-order valence-corrected chi connectivity index (χ3v) is 3.59. The van der Waals surface area contributed by atoms with E-state index in [2.05, 4.69) is 11.8 Å². The molecule has 2 heterocycles. The van der Waals surface area contributed by atoms with Gasteiger partial charge in [0.05, 0.1) is 6.61 Å². The van der Waals surface area contributed by atoms with E-state index in [1.807, 2.05) is 0 Å². The molecule has 2 atom stereocenters. The summed E-state index contributed by atoms with van der Waals surface area (Å²) in [5.41, 5.74) is 0. The number of hydrogen-bond donors (Lipinski definition) is 0. The first-order chi connectivity index (χ1) is 6.38. The quantitative estimate of drug-likeness (QED) is 0.648. The highest BCUT2D eigenvalue weighted by Gasteiger charge is 2.26. The lowest BCUT2D eigenvalue weighted by atomic mass is 9.94. The number of rotatable bonds is 2. The van der Waals surface area contributed by atoms with E-state index >= 15 is 0 Å². The Morgan fingerprint density at radius 3 is 2.62 bits per heavy atom. The van der Waals surface area contributed by atoms with Crippen LogP contribution in [0.15, 0.2) is 0 Å². The lowest BCUT2D eigenvalue weighted by Crippen LogP contribution is -2.39. The number of likely N-dealkylation sites (tertiary alicyclic amines) is 1. The average Bonchev–Trinajstić information content (AvgIpc) is 2.71. The van der Waals surface area contributed by atoms with Gasteiger partial charge in [-0.15, -0.1) is 0 Å². The molecule has 0 aromatic carbocycles. The van der Waals surface area contributed by atoms with Gasteiger partial charge in [-0.05, 0) is 51.6 Å². The lowest BCUT2D eigenvalue weighted by molar-refractivity contribution is 0.0193. The van der Waals surface area contributed by atoms with Crippen LogP contribution in [0.1, 0.15) is 32.6 Å². The molecule has 0 aromatic rings. The first-order valence-electron chi connectivity index (χ1n) is 5.70. The number of nitrogens with zero attached hydrogens (tertiary/aromatic N) is 1. The Labute approximate surface area is 81.3 Å². The van der Waals surface area contributed by atoms with Gasteiger partial charge in [-0.1, -0.05) is 0 Å². The van der Waals surface area contributed by atoms with Crippen LogP contribution in [0.25, 0.3) is 0 Å². The molecule has 2 fully saturated rings. The van der Waals surface area contributed by atoms with E-state index in [0.29, 0.717) is 0 Å². The summed E-state index contributed by atoms with van der Waals surface area (Å²) in [5, 5.41) is 0. The van der Waals surface area contributed by atoms with Crippen LogP contribution < -0.4 is 0 Å². The van der Waals surface area contributed by atoms with Crippen molar-refractivity contribution in [3.63, 3.8) is 0 Å². The van der Waals surface area contributed by atoms with E-state index in [9.17, 15) is 0 Å². The summed E-state index contributed by atoms with van der Waals surface area (Å²) in [5.74, 6) is 0.798. The molecule has 2 nitrogen and oxygen atoms in total. The minimum absolute atomic E-state index is 0.753. The zero-order valence-corrected chi connectivity index (χ0v) is 8.67. The fourth-order valence-electron chi connectivity index (χ4n) is 2.59. The van der Waals surface area contributed by atoms with Crippen molar-refractivity contribution in [1.82, 2.24) is 4.90 Å². The highest BCUT2D eigenvalue weighted by Crippen LogP contribution is 2.23. The molecule has 0 bridgehead atoms. The zero-order valence-electron chi connectivity index (χ0n) is 8.67. The SMILES string of the molecule is CC(C1CCCOC1)N1CCCC1. The topological polar surface area (TPSA) is 12.5 Å². The highest BCUT2D eigenvalue weighted by atomic mass is 16.5. The Kier molecular flexibility index (Phi) is 3.23. The molecule has 0 aliphatic carbocycles. The summed E-state index contributed by atoms with van der Waals surface area (Å²) in [6, 6.07) is 0.753. The van der Waals surface area contributed by atoms with Crippen molar-refractivity contribution in [2.45, 2.75) is 38.6 Å². The highest BCUT2D eigenvalue weighted by molar-refractivity contribution is 4.80. The van der Waals surface area contributed by atoms with Crippen LogP contribution in [0, 0.1) is 5.92 Å². The molecular weight excluding hydrogens is 162 g/mol. The molecule has 2 heteroatoms. The largest absolute Gasteiger partial charge is 0.381 e. The smallest absolute Gasteiger partial charge is 0.0509 e. The van der Waals surface area contributed by atoms with Crippen LogP contribution in [0.5, 0.6) is 0 Å². The zero-order chi connectivity index (χ0) is 9.10. The molecule has 13 heavy (non-hydrogen) atoms. The maximum absolute atomic E-state index is 5.54. The maximum Gasteiger partial charge on any atom is 0.0509 e. The van der Waals surface area contributed by atoms with Crippen molar-refractivity contribution < 1.29 is 4.74 Å². The average molecular weight is 183 g/mol. The van der Waals surface area contributed by atoms with Crippen LogP contribution in [-0.4, -0.2) is 37.2 Å². The van der Waals surface area contributed by atoms with E-state index in [4.69, 9.17) is 4.74 Å². The van der Waals surface area contributed by atoms with Gasteiger partial charge in [0.25, 0.3) is 0 Å². The first kappa shape index (κ1) is 9.47. The third-order valence-electron chi connectivity index (χ3n) is 3.59. The Morgan fingerprint density at radius 2 is 2.00 bits per heavy atom. The van der Waals surface area contributed by atoms with E-state index in [0.717, 1.165) is 25.2 Å². The van der Waals surface area contributed by atoms with Crippen LogP contribution in [0.3, 0.4) is 0 Å². The molecular formula is C11H21NO. The van der Waals surface area contributed by atoms with E-state index < -0.39 is 0 Å². The summed E-state index contributed by atoms with van der Waals surface area (Å²) >= 11 is 0. The Morgan fingerprint density at radius 1 is 1.23 bits per heavy atom. The second-order valence-corrected chi connectivity index (χ2v) is 4.46. The normalized spacial score (nSPS) is 33.5. The molecule has 0 aromatic heterocycles. The molecule has 0 amide bonds. The molecule has 76 valence electrons. The van der Waals surface area contributed by atoms with Gasteiger partial charge in [-0.25, -0.2) is 0 Å². The first-order valence-corrected chi connectivity index (χ1v) is 5.70. The molecule has 0 radical (unpaired) electrons. The Hall–Kier alpha value is -0.0800. The Bertz CT molecular complexity index is 148. The monoisotopic (exact) mass is 183 g/mol. The second-order valence-electron chi connectivity index (χ2n) is 4.46. The van der Waals surface area contributed by atoms with Crippen molar-refractivity contribution in [2.75, 3.05) is 26.3 Å². The standard InChI is InChI=1S/C11H21NO/c1-10(12-6-2-3-7-12)11-5-4-8-13-9-11/h10-11H,2-9H2,1H3. The van der Waals surface area contributed by atoms with Crippen molar-refractivity contribution in [3.05, 3.63) is 0 Å². The molecule has 2 rings (SSSR count). The van der Waals surface area contributed by atoms with E-state index in [1.165, 1.54) is 38.8 Å². The van der Waals surface area contributed by atoms with Crippen molar-refractivity contribution in [3.8, 4) is 0 Å². The lowest BCUT2D eigenvalue weighted by Gasteiger charge is -2.33. The van der Waals surface area contributed by atoms with Gasteiger partial charge in [-0.2, -0.15) is 0 Å². The molecule has 2 aliphatic heterocycles. The molecule has 2 aliphatic rings. The van der Waals surface area contributed by atoms with Crippen LogP contribution >= 0.6 is 0 Å². The fourth-order valence-corrected chi connectivity index (χ4v) is 2.59. The molecule has 0 spiro atoms. The summed E-state index contributed by atoms with van der Waals surface area (Å²) in [7, 11) is 0. The summed E-state index contributed by atoms with van der Waals surface area (Å²) < 4.78 is 5.54. The van der Waals surface area contributed by atoms with Gasteiger partial charge in [-0.3, -0.25) is 0 Å². The van der Waals surface area contributed by atoms with Crippen molar-refractivity contribution in [1.29, 1.82) is 0 Å². The van der Waals surface area contributed by atoms with Crippen molar-refractivity contribution in [2.24, 2.45) is 5.92 Å². The minimum atomic E-state index is 0.753. The predicted molar refractivity (Wildman–Crippen MR) is 53.8 cm³/mol. The predicted octanol–water partition coefficient (Wildman–Crippen LogP) is 1.90. The van der Waals surface area contributed by atoms with Gasteiger partial charge < -0.3 is 9.64 Å². The molecule has 2 saturated heterocycles. The summed E-state index contributed by atoms with van der Waals surface area (Å²) in [6.07, 6.45) is 5.44. The number of hydrogen-bond acceptors (Lipinski definition) is 2. The maximum atomic E-state index is 5.54. The second kappa shape index (κ2) is 4.43. The van der Waals surface area contributed by atoms with E-state index in [-0.39, 0.29) is 0 Å². The molecule has 2 unspecified atom stereocenters. The summed E-state index contributed by atoms with van der Waals surface area (Å²) in [4.78, 5) is 2.64. The van der Waals surface area contributed by atoms with Gasteiger partial charge in [0, 0.05) is 12.6 Å². The summed E-state index contributed by atoms with van der Waals surface area (Å²) in [6.45, 7) is 7.00. The van der Waals surface area contributed by atoms with Crippen LogP contribution in [0.2, 0.25) is 0 Å². The number of ether oxygens (including phenoxy) is 1. The van der Waals surface area contributed by atoms with Crippen LogP contribution in [0.4, 0.5) is 0 Å². The van der Waals surface area contributed by atoms with Crippen LogP contribution in [-0.2, 0) is 4.74 Å². The van der Waals surface area contributed by atoms with Crippen molar-refractivity contribution >= 4 is 0 Å². The fraction of sp³-hybridized carbons (Fsp3) is 1.00. The molecule has 0 saturated carbocycles.